The Morgan fingerprint density at radius 3 is 2.63 bits per heavy atom. The normalized spacial score (nSPS) is 10.2. The molecule has 0 atom stereocenters. The number of amides is 1. The Bertz CT molecular complexity index is 575. The van der Waals surface area contributed by atoms with E-state index in [9.17, 15) is 9.18 Å². The van der Waals surface area contributed by atoms with Crippen LogP contribution in [-0.4, -0.2) is 5.91 Å². The molecule has 2 rings (SSSR count). The summed E-state index contributed by atoms with van der Waals surface area (Å²) in [6, 6.07) is 13.3. The fraction of sp³-hybridized carbons (Fsp3) is 0.0714. The summed E-state index contributed by atoms with van der Waals surface area (Å²) in [5.41, 5.74) is 3.58. The molecule has 0 saturated heterocycles. The minimum Gasteiger partial charge on any atom is -0.269 e. The molecule has 0 radical (unpaired) electrons. The van der Waals surface area contributed by atoms with Crippen molar-refractivity contribution in [2.24, 2.45) is 0 Å². The zero-order chi connectivity index (χ0) is 13.7. The van der Waals surface area contributed by atoms with Gasteiger partial charge >= 0.3 is 0 Å². The van der Waals surface area contributed by atoms with Crippen molar-refractivity contribution in [1.82, 2.24) is 5.48 Å². The molecule has 0 fully saturated rings. The molecule has 0 bridgehead atoms. The van der Waals surface area contributed by atoms with E-state index in [-0.39, 0.29) is 6.61 Å². The lowest BCUT2D eigenvalue weighted by Crippen LogP contribution is -2.23. The highest BCUT2D eigenvalue weighted by atomic mass is 79.9. The number of hydrogen-bond donors (Lipinski definition) is 1. The second-order valence-electron chi connectivity index (χ2n) is 3.83. The van der Waals surface area contributed by atoms with Crippen LogP contribution in [0.1, 0.15) is 15.9 Å². The lowest BCUT2D eigenvalue weighted by Gasteiger charge is -2.07. The number of rotatable bonds is 4. The number of nitrogens with one attached hydrogen (secondary N) is 1. The Morgan fingerprint density at radius 1 is 1.21 bits per heavy atom. The zero-order valence-corrected chi connectivity index (χ0v) is 11.5. The van der Waals surface area contributed by atoms with Crippen LogP contribution in [0.4, 0.5) is 4.39 Å². The third-order valence-corrected chi connectivity index (χ3v) is 3.08. The third kappa shape index (κ3) is 3.87. The molecule has 19 heavy (non-hydrogen) atoms. The summed E-state index contributed by atoms with van der Waals surface area (Å²) in [6.45, 7) is 0.269. The van der Waals surface area contributed by atoms with Crippen LogP contribution >= 0.6 is 15.9 Å². The largest absolute Gasteiger partial charge is 0.275 e. The van der Waals surface area contributed by atoms with Gasteiger partial charge < -0.3 is 0 Å². The summed E-state index contributed by atoms with van der Waals surface area (Å²) >= 11 is 3.13. The van der Waals surface area contributed by atoms with Gasteiger partial charge in [-0.2, -0.15) is 0 Å². The maximum Gasteiger partial charge on any atom is 0.275 e. The Labute approximate surface area is 118 Å². The van der Waals surface area contributed by atoms with Gasteiger partial charge in [0.25, 0.3) is 5.91 Å². The van der Waals surface area contributed by atoms with Crippen LogP contribution < -0.4 is 5.48 Å². The molecule has 0 saturated carbocycles. The van der Waals surface area contributed by atoms with Crippen LogP contribution in [-0.2, 0) is 11.4 Å². The van der Waals surface area contributed by atoms with E-state index in [2.05, 4.69) is 21.4 Å². The van der Waals surface area contributed by atoms with E-state index in [1.165, 1.54) is 18.2 Å². The van der Waals surface area contributed by atoms with Crippen molar-refractivity contribution < 1.29 is 14.0 Å². The molecule has 0 aromatic heterocycles. The van der Waals surface area contributed by atoms with Gasteiger partial charge in [-0.3, -0.25) is 9.63 Å². The Balaban J connectivity index is 1.91. The lowest BCUT2D eigenvalue weighted by molar-refractivity contribution is 0.0233. The third-order valence-electron chi connectivity index (χ3n) is 2.42. The van der Waals surface area contributed by atoms with E-state index in [4.69, 9.17) is 4.84 Å². The molecular weight excluding hydrogens is 313 g/mol. The van der Waals surface area contributed by atoms with E-state index in [0.29, 0.717) is 10.0 Å². The number of halogens is 2. The standard InChI is InChI=1S/C14H11BrFNO2/c15-13-8-11(16)6-7-12(13)14(18)17-19-9-10-4-2-1-3-5-10/h1-8H,9H2,(H,17,18). The zero-order valence-electron chi connectivity index (χ0n) is 9.90. The quantitative estimate of drug-likeness (QED) is 0.875. The molecule has 3 nitrogen and oxygen atoms in total. The van der Waals surface area contributed by atoms with Crippen LogP contribution in [0.15, 0.2) is 53.0 Å². The van der Waals surface area contributed by atoms with Gasteiger partial charge in [-0.05, 0) is 39.7 Å². The van der Waals surface area contributed by atoms with E-state index in [1.807, 2.05) is 30.3 Å². The monoisotopic (exact) mass is 323 g/mol. The highest BCUT2D eigenvalue weighted by Gasteiger charge is 2.10. The van der Waals surface area contributed by atoms with Gasteiger partial charge in [-0.25, -0.2) is 9.87 Å². The predicted molar refractivity (Wildman–Crippen MR) is 72.8 cm³/mol. The molecule has 0 unspecified atom stereocenters. The fourth-order valence-electron chi connectivity index (χ4n) is 1.49. The Kier molecular flexibility index (Phi) is 4.65. The molecule has 0 spiro atoms. The van der Waals surface area contributed by atoms with Gasteiger partial charge in [0.15, 0.2) is 0 Å². The minimum absolute atomic E-state index is 0.269. The van der Waals surface area contributed by atoms with Gasteiger partial charge in [-0.15, -0.1) is 0 Å². The van der Waals surface area contributed by atoms with Crippen molar-refractivity contribution >= 4 is 21.8 Å². The molecule has 2 aromatic rings. The summed E-state index contributed by atoms with van der Waals surface area (Å²) in [5, 5.41) is 0. The van der Waals surface area contributed by atoms with Crippen LogP contribution in [0, 0.1) is 5.82 Å². The molecule has 0 heterocycles. The first-order valence-corrected chi connectivity index (χ1v) is 6.37. The topological polar surface area (TPSA) is 38.3 Å². The molecular formula is C14H11BrFNO2. The maximum absolute atomic E-state index is 12.9. The van der Waals surface area contributed by atoms with Crippen molar-refractivity contribution in [3.05, 3.63) is 69.9 Å². The fourth-order valence-corrected chi connectivity index (χ4v) is 2.02. The minimum atomic E-state index is -0.428. The Hall–Kier alpha value is -1.72. The van der Waals surface area contributed by atoms with E-state index >= 15 is 0 Å². The first kappa shape index (κ1) is 13.7. The van der Waals surface area contributed by atoms with Gasteiger partial charge in [-0.1, -0.05) is 30.3 Å². The van der Waals surface area contributed by atoms with E-state index < -0.39 is 11.7 Å². The SMILES string of the molecule is O=C(NOCc1ccccc1)c1ccc(F)cc1Br. The molecule has 0 aliphatic heterocycles. The van der Waals surface area contributed by atoms with Gasteiger partial charge in [0.1, 0.15) is 5.82 Å². The number of benzene rings is 2. The van der Waals surface area contributed by atoms with Crippen molar-refractivity contribution in [3.63, 3.8) is 0 Å². The van der Waals surface area contributed by atoms with Crippen LogP contribution in [0.5, 0.6) is 0 Å². The molecule has 98 valence electrons. The molecule has 1 N–H and O–H groups in total. The average molecular weight is 324 g/mol. The molecule has 5 heteroatoms. The van der Waals surface area contributed by atoms with E-state index in [1.54, 1.807) is 0 Å². The molecule has 0 aliphatic rings. The highest BCUT2D eigenvalue weighted by molar-refractivity contribution is 9.10. The summed E-state index contributed by atoms with van der Waals surface area (Å²) < 4.78 is 13.3. The maximum atomic E-state index is 12.9. The molecule has 0 aliphatic carbocycles. The van der Waals surface area contributed by atoms with Crippen LogP contribution in [0.2, 0.25) is 0 Å². The number of carbonyl (C=O) groups excluding carboxylic acids is 1. The summed E-state index contributed by atoms with van der Waals surface area (Å²) in [6.07, 6.45) is 0. The smallest absolute Gasteiger partial charge is 0.269 e. The van der Waals surface area contributed by atoms with Crippen molar-refractivity contribution in [1.29, 1.82) is 0 Å². The lowest BCUT2D eigenvalue weighted by atomic mass is 10.2. The van der Waals surface area contributed by atoms with Crippen molar-refractivity contribution in [2.45, 2.75) is 6.61 Å². The average Bonchev–Trinajstić information content (AvgIpc) is 2.39. The summed E-state index contributed by atoms with van der Waals surface area (Å²) in [4.78, 5) is 16.9. The van der Waals surface area contributed by atoms with Crippen molar-refractivity contribution in [3.8, 4) is 0 Å². The van der Waals surface area contributed by atoms with Gasteiger partial charge in [0.2, 0.25) is 0 Å². The Morgan fingerprint density at radius 2 is 1.95 bits per heavy atom. The van der Waals surface area contributed by atoms with Gasteiger partial charge in [0, 0.05) is 4.47 Å². The predicted octanol–water partition coefficient (Wildman–Crippen LogP) is 3.45. The highest BCUT2D eigenvalue weighted by Crippen LogP contribution is 2.17. The second-order valence-corrected chi connectivity index (χ2v) is 4.68. The number of hydroxylamine groups is 1. The summed E-state index contributed by atoms with van der Waals surface area (Å²) in [5.74, 6) is -0.837. The first-order valence-electron chi connectivity index (χ1n) is 5.58. The van der Waals surface area contributed by atoms with Crippen molar-refractivity contribution in [2.75, 3.05) is 0 Å². The number of hydrogen-bond acceptors (Lipinski definition) is 2. The number of carbonyl (C=O) groups is 1. The second kappa shape index (κ2) is 6.45. The van der Waals surface area contributed by atoms with E-state index in [0.717, 1.165) is 5.56 Å². The van der Waals surface area contributed by atoms with Gasteiger partial charge in [0.05, 0.1) is 12.2 Å². The molecule has 1 amide bonds. The van der Waals surface area contributed by atoms with Crippen LogP contribution in [0.3, 0.4) is 0 Å². The van der Waals surface area contributed by atoms with Crippen LogP contribution in [0.25, 0.3) is 0 Å². The molecule has 2 aromatic carbocycles. The first-order chi connectivity index (χ1) is 9.16. The summed E-state index contributed by atoms with van der Waals surface area (Å²) in [7, 11) is 0.